The van der Waals surface area contributed by atoms with Crippen LogP contribution in [0.1, 0.15) is 29.2 Å². The fourth-order valence-electron chi connectivity index (χ4n) is 3.61. The van der Waals surface area contributed by atoms with E-state index in [2.05, 4.69) is 23.7 Å². The van der Waals surface area contributed by atoms with E-state index in [1.807, 2.05) is 6.92 Å². The van der Waals surface area contributed by atoms with Gasteiger partial charge in [0.1, 0.15) is 4.88 Å². The predicted molar refractivity (Wildman–Crippen MR) is 90.5 cm³/mol. The molecule has 2 atom stereocenters. The van der Waals surface area contributed by atoms with Crippen LogP contribution in [0.15, 0.2) is 5.51 Å². The highest BCUT2D eigenvalue weighted by molar-refractivity contribution is 7.91. The highest BCUT2D eigenvalue weighted by Crippen LogP contribution is 2.29. The molecule has 8 heteroatoms. The fraction of sp³-hybridized carbons (Fsp3) is 0.733. The lowest BCUT2D eigenvalue weighted by molar-refractivity contribution is 0.0300. The number of amides is 1. The molecule has 0 aromatic carbocycles. The van der Waals surface area contributed by atoms with Gasteiger partial charge in [0.25, 0.3) is 5.91 Å². The Kier molecular flexibility index (Phi) is 4.50. The molecule has 2 aliphatic heterocycles. The van der Waals surface area contributed by atoms with Crippen molar-refractivity contribution < 1.29 is 13.2 Å². The molecule has 23 heavy (non-hydrogen) atoms. The van der Waals surface area contributed by atoms with Crippen LogP contribution in [0, 0.1) is 12.8 Å². The monoisotopic (exact) mass is 357 g/mol. The SMILES string of the molecule is Cc1ncsc1C(=O)N1CCN(CC(C)C)[C@@H]2CS(=O)(=O)C[C@@H]21. The second kappa shape index (κ2) is 6.14. The van der Waals surface area contributed by atoms with Gasteiger partial charge in [-0.25, -0.2) is 13.4 Å². The maximum Gasteiger partial charge on any atom is 0.266 e. The molecular weight excluding hydrogens is 334 g/mol. The first kappa shape index (κ1) is 16.9. The van der Waals surface area contributed by atoms with Gasteiger partial charge in [-0.05, 0) is 12.8 Å². The van der Waals surface area contributed by atoms with Gasteiger partial charge in [-0.2, -0.15) is 0 Å². The molecule has 3 rings (SSSR count). The second-order valence-corrected chi connectivity index (χ2v) is 9.87. The topological polar surface area (TPSA) is 70.6 Å². The zero-order valence-corrected chi connectivity index (χ0v) is 15.4. The Morgan fingerprint density at radius 1 is 1.35 bits per heavy atom. The van der Waals surface area contributed by atoms with E-state index < -0.39 is 9.84 Å². The quantitative estimate of drug-likeness (QED) is 0.808. The van der Waals surface area contributed by atoms with Gasteiger partial charge < -0.3 is 4.90 Å². The summed E-state index contributed by atoms with van der Waals surface area (Å²) in [7, 11) is -3.09. The van der Waals surface area contributed by atoms with Crippen LogP contribution < -0.4 is 0 Å². The third-order valence-corrected chi connectivity index (χ3v) is 7.21. The Morgan fingerprint density at radius 3 is 2.65 bits per heavy atom. The van der Waals surface area contributed by atoms with Crippen LogP contribution in [0.2, 0.25) is 0 Å². The molecule has 0 bridgehead atoms. The molecule has 2 aliphatic rings. The zero-order valence-electron chi connectivity index (χ0n) is 13.7. The summed E-state index contributed by atoms with van der Waals surface area (Å²) in [5, 5.41) is 0. The Bertz CT molecular complexity index is 699. The lowest BCUT2D eigenvalue weighted by Crippen LogP contribution is -2.61. The number of hydrogen-bond donors (Lipinski definition) is 0. The number of piperazine rings is 1. The zero-order chi connectivity index (χ0) is 16.8. The maximum absolute atomic E-state index is 12.8. The van der Waals surface area contributed by atoms with Crippen LogP contribution in [0.25, 0.3) is 0 Å². The first-order valence-corrected chi connectivity index (χ1v) is 10.6. The molecule has 1 aromatic heterocycles. The number of aryl methyl sites for hydroxylation is 1. The minimum absolute atomic E-state index is 0.0682. The second-order valence-electron chi connectivity index (χ2n) is 6.87. The van der Waals surface area contributed by atoms with E-state index in [0.29, 0.717) is 17.3 Å². The van der Waals surface area contributed by atoms with E-state index in [0.717, 1.165) is 18.8 Å². The maximum atomic E-state index is 12.8. The van der Waals surface area contributed by atoms with E-state index >= 15 is 0 Å². The van der Waals surface area contributed by atoms with Gasteiger partial charge in [-0.1, -0.05) is 13.8 Å². The highest BCUT2D eigenvalue weighted by Gasteiger charge is 2.48. The Hall–Kier alpha value is -0.990. The van der Waals surface area contributed by atoms with Crippen LogP contribution in [0.5, 0.6) is 0 Å². The fourth-order valence-corrected chi connectivity index (χ4v) is 6.38. The number of carbonyl (C=O) groups is 1. The van der Waals surface area contributed by atoms with Crippen LogP contribution in [0.3, 0.4) is 0 Å². The first-order valence-electron chi connectivity index (χ1n) is 7.94. The van der Waals surface area contributed by atoms with Gasteiger partial charge in [-0.3, -0.25) is 9.69 Å². The Balaban J connectivity index is 1.87. The number of nitrogens with zero attached hydrogens (tertiary/aromatic N) is 3. The van der Waals surface area contributed by atoms with E-state index in [4.69, 9.17) is 0 Å². The third-order valence-electron chi connectivity index (χ3n) is 4.59. The number of fused-ring (bicyclic) bond motifs is 1. The summed E-state index contributed by atoms with van der Waals surface area (Å²) >= 11 is 1.33. The molecule has 0 N–H and O–H groups in total. The summed E-state index contributed by atoms with van der Waals surface area (Å²) in [5.74, 6) is 0.650. The molecule has 0 spiro atoms. The first-order chi connectivity index (χ1) is 10.8. The summed E-state index contributed by atoms with van der Waals surface area (Å²) in [6.07, 6.45) is 0. The van der Waals surface area contributed by atoms with Gasteiger partial charge in [-0.15, -0.1) is 11.3 Å². The molecule has 6 nitrogen and oxygen atoms in total. The largest absolute Gasteiger partial charge is 0.331 e. The van der Waals surface area contributed by atoms with Crippen molar-refractivity contribution in [3.63, 3.8) is 0 Å². The number of carbonyl (C=O) groups excluding carboxylic acids is 1. The summed E-state index contributed by atoms with van der Waals surface area (Å²) in [6, 6.07) is -0.310. The highest BCUT2D eigenvalue weighted by atomic mass is 32.2. The Morgan fingerprint density at radius 2 is 2.04 bits per heavy atom. The van der Waals surface area contributed by atoms with Crippen molar-refractivity contribution >= 4 is 27.1 Å². The molecule has 2 fully saturated rings. The number of aromatic nitrogens is 1. The standard InChI is InChI=1S/C15H23N3O3S2/c1-10(2)6-17-4-5-18(13-8-23(20,21)7-12(13)17)15(19)14-11(3)16-9-22-14/h9-10,12-13H,4-8H2,1-3H3/t12-,13+/m1/s1. The van der Waals surface area contributed by atoms with E-state index in [1.165, 1.54) is 11.3 Å². The predicted octanol–water partition coefficient (Wildman–Crippen LogP) is 1.03. The third kappa shape index (κ3) is 3.29. The lowest BCUT2D eigenvalue weighted by atomic mass is 10.0. The molecule has 3 heterocycles. The average molecular weight is 358 g/mol. The van der Waals surface area contributed by atoms with E-state index in [1.54, 1.807) is 10.4 Å². The van der Waals surface area contributed by atoms with E-state index in [9.17, 15) is 13.2 Å². The molecule has 0 aliphatic carbocycles. The lowest BCUT2D eigenvalue weighted by Gasteiger charge is -2.44. The van der Waals surface area contributed by atoms with Crippen LogP contribution >= 0.6 is 11.3 Å². The minimum atomic E-state index is -3.09. The van der Waals surface area contributed by atoms with Crippen molar-refractivity contribution in [2.24, 2.45) is 5.92 Å². The summed E-state index contributed by atoms with van der Waals surface area (Å²) < 4.78 is 24.4. The van der Waals surface area contributed by atoms with Crippen LogP contribution in [-0.4, -0.2) is 72.3 Å². The molecule has 0 unspecified atom stereocenters. The van der Waals surface area contributed by atoms with Crippen molar-refractivity contribution in [2.75, 3.05) is 31.1 Å². The van der Waals surface area contributed by atoms with Crippen molar-refractivity contribution in [1.29, 1.82) is 0 Å². The number of hydrogen-bond acceptors (Lipinski definition) is 6. The smallest absolute Gasteiger partial charge is 0.266 e. The number of thiazole rings is 1. The number of rotatable bonds is 3. The summed E-state index contributed by atoms with van der Waals surface area (Å²) in [6.45, 7) is 8.28. The molecule has 1 aromatic rings. The van der Waals surface area contributed by atoms with Crippen molar-refractivity contribution in [3.05, 3.63) is 16.1 Å². The Labute approximate surface area is 141 Å². The molecule has 0 radical (unpaired) electrons. The van der Waals surface area contributed by atoms with Crippen LogP contribution in [-0.2, 0) is 9.84 Å². The van der Waals surface area contributed by atoms with E-state index in [-0.39, 0.29) is 29.5 Å². The van der Waals surface area contributed by atoms with Gasteiger partial charge >= 0.3 is 0 Å². The molecule has 2 saturated heterocycles. The molecule has 128 valence electrons. The molecular formula is C15H23N3O3S2. The normalized spacial score (nSPS) is 27.4. The van der Waals surface area contributed by atoms with Gasteiger partial charge in [0.2, 0.25) is 0 Å². The molecule has 0 saturated carbocycles. The van der Waals surface area contributed by atoms with Crippen molar-refractivity contribution in [1.82, 2.24) is 14.8 Å². The molecule has 1 amide bonds. The summed E-state index contributed by atoms with van der Waals surface area (Å²) in [5.41, 5.74) is 2.39. The minimum Gasteiger partial charge on any atom is -0.331 e. The van der Waals surface area contributed by atoms with Crippen LogP contribution in [0.4, 0.5) is 0 Å². The van der Waals surface area contributed by atoms with Crippen molar-refractivity contribution in [2.45, 2.75) is 32.9 Å². The average Bonchev–Trinajstić information content (AvgIpc) is 3.00. The van der Waals surface area contributed by atoms with Crippen molar-refractivity contribution in [3.8, 4) is 0 Å². The van der Waals surface area contributed by atoms with Gasteiger partial charge in [0.15, 0.2) is 9.84 Å². The van der Waals surface area contributed by atoms with Gasteiger partial charge in [0.05, 0.1) is 28.8 Å². The summed E-state index contributed by atoms with van der Waals surface area (Å²) in [4.78, 5) is 21.6. The van der Waals surface area contributed by atoms with Gasteiger partial charge in [0, 0.05) is 25.7 Å². The number of sulfone groups is 1.